The fraction of sp³-hybridized carbons (Fsp3) is 0.846. The highest BCUT2D eigenvalue weighted by Crippen LogP contribution is 2.15. The molecule has 1 amide bonds. The predicted molar refractivity (Wildman–Crippen MR) is 76.9 cm³/mol. The molecule has 0 fully saturated rings. The topological polar surface area (TPSA) is 46.3 Å². The van der Waals surface area contributed by atoms with E-state index in [1.54, 1.807) is 0 Å². The van der Waals surface area contributed by atoms with Gasteiger partial charge in [0.15, 0.2) is 0 Å². The predicted octanol–water partition coefficient (Wildman–Crippen LogP) is 2.58. The van der Waals surface area contributed by atoms with E-state index in [1.807, 2.05) is 25.7 Å². The average molecular weight is 258 g/mol. The van der Waals surface area contributed by atoms with Crippen molar-refractivity contribution in [3.63, 3.8) is 0 Å². The first-order valence-corrected chi connectivity index (χ1v) is 6.81. The van der Waals surface area contributed by atoms with Gasteiger partial charge in [0, 0.05) is 12.6 Å². The van der Waals surface area contributed by atoms with Crippen molar-refractivity contribution in [2.24, 2.45) is 17.6 Å². The van der Waals surface area contributed by atoms with Gasteiger partial charge in [-0.15, -0.1) is 0 Å². The normalized spacial score (nSPS) is 12.9. The Morgan fingerprint density at radius 2 is 1.82 bits per heavy atom. The lowest BCUT2D eigenvalue weighted by atomic mass is 10.0. The Bertz CT molecular complexity index is 264. The number of rotatable bonds is 7. The molecule has 0 spiro atoms. The minimum atomic E-state index is -0.295. The van der Waals surface area contributed by atoms with Crippen LogP contribution in [0.1, 0.15) is 47.5 Å². The Labute approximate surface area is 111 Å². The molecule has 0 aliphatic rings. The summed E-state index contributed by atoms with van der Waals surface area (Å²) in [4.78, 5) is 14.6. The number of nitrogens with zero attached hydrogens (tertiary/aromatic N) is 1. The monoisotopic (exact) mass is 258 g/mol. The van der Waals surface area contributed by atoms with Crippen molar-refractivity contribution in [2.45, 2.75) is 53.5 Å². The molecule has 17 heavy (non-hydrogen) atoms. The summed E-state index contributed by atoms with van der Waals surface area (Å²) in [5.41, 5.74) is 5.68. The summed E-state index contributed by atoms with van der Waals surface area (Å²) in [5, 5.41) is 0. The first-order valence-electron chi connectivity index (χ1n) is 6.41. The number of hydrogen-bond donors (Lipinski definition) is 1. The smallest absolute Gasteiger partial charge is 0.232 e. The second-order valence-electron chi connectivity index (χ2n) is 5.22. The summed E-state index contributed by atoms with van der Waals surface area (Å²) in [7, 11) is 0. The van der Waals surface area contributed by atoms with Gasteiger partial charge < -0.3 is 10.6 Å². The fourth-order valence-electron chi connectivity index (χ4n) is 1.82. The van der Waals surface area contributed by atoms with Crippen molar-refractivity contribution in [3.05, 3.63) is 0 Å². The SMILES string of the molecule is CCCC(C(=O)N(CC(C)C)C(C)C)C(N)=S. The lowest BCUT2D eigenvalue weighted by Gasteiger charge is -2.31. The lowest BCUT2D eigenvalue weighted by Crippen LogP contribution is -2.46. The zero-order valence-electron chi connectivity index (χ0n) is 11.7. The molecule has 0 saturated carbocycles. The summed E-state index contributed by atoms with van der Waals surface area (Å²) in [5.74, 6) is 0.245. The van der Waals surface area contributed by atoms with E-state index < -0.39 is 0 Å². The molecule has 1 atom stereocenters. The largest absolute Gasteiger partial charge is 0.393 e. The van der Waals surface area contributed by atoms with E-state index in [2.05, 4.69) is 13.8 Å². The molecule has 0 aromatic carbocycles. The Balaban J connectivity index is 4.84. The van der Waals surface area contributed by atoms with Crippen molar-refractivity contribution >= 4 is 23.1 Å². The van der Waals surface area contributed by atoms with Crippen LogP contribution in [0, 0.1) is 11.8 Å². The molecule has 0 aliphatic carbocycles. The fourth-order valence-corrected chi connectivity index (χ4v) is 2.04. The zero-order chi connectivity index (χ0) is 13.6. The average Bonchev–Trinajstić information content (AvgIpc) is 2.20. The maximum Gasteiger partial charge on any atom is 0.232 e. The molecular formula is C13H26N2OS. The van der Waals surface area contributed by atoms with Crippen molar-refractivity contribution in [1.82, 2.24) is 4.90 Å². The van der Waals surface area contributed by atoms with Gasteiger partial charge in [-0.3, -0.25) is 4.79 Å². The molecule has 0 aromatic rings. The van der Waals surface area contributed by atoms with Crippen LogP contribution in [0.15, 0.2) is 0 Å². The molecular weight excluding hydrogens is 232 g/mol. The summed E-state index contributed by atoms with van der Waals surface area (Å²) < 4.78 is 0. The lowest BCUT2D eigenvalue weighted by molar-refractivity contribution is -0.135. The Morgan fingerprint density at radius 1 is 1.29 bits per heavy atom. The van der Waals surface area contributed by atoms with Crippen molar-refractivity contribution in [1.29, 1.82) is 0 Å². The first kappa shape index (κ1) is 16.4. The molecule has 4 heteroatoms. The van der Waals surface area contributed by atoms with Crippen LogP contribution in [0.2, 0.25) is 0 Å². The molecule has 3 nitrogen and oxygen atoms in total. The summed E-state index contributed by atoms with van der Waals surface area (Å²) in [6.45, 7) is 11.1. The van der Waals surface area contributed by atoms with E-state index in [-0.39, 0.29) is 17.9 Å². The highest BCUT2D eigenvalue weighted by molar-refractivity contribution is 7.80. The van der Waals surface area contributed by atoms with E-state index in [0.29, 0.717) is 10.9 Å². The van der Waals surface area contributed by atoms with Gasteiger partial charge in [0.25, 0.3) is 0 Å². The number of carbonyl (C=O) groups is 1. The highest BCUT2D eigenvalue weighted by atomic mass is 32.1. The van der Waals surface area contributed by atoms with Gasteiger partial charge in [0.1, 0.15) is 0 Å². The van der Waals surface area contributed by atoms with E-state index in [9.17, 15) is 4.79 Å². The van der Waals surface area contributed by atoms with Crippen LogP contribution in [0.25, 0.3) is 0 Å². The van der Waals surface area contributed by atoms with Crippen molar-refractivity contribution in [2.75, 3.05) is 6.54 Å². The zero-order valence-corrected chi connectivity index (χ0v) is 12.5. The molecule has 2 N–H and O–H groups in total. The molecule has 0 bridgehead atoms. The van der Waals surface area contributed by atoms with Crippen LogP contribution < -0.4 is 5.73 Å². The molecule has 0 aromatic heterocycles. The second-order valence-corrected chi connectivity index (χ2v) is 5.69. The molecule has 0 saturated heterocycles. The Hall–Kier alpha value is -0.640. The van der Waals surface area contributed by atoms with Gasteiger partial charge in [0.05, 0.1) is 10.9 Å². The van der Waals surface area contributed by atoms with Crippen LogP contribution in [-0.2, 0) is 4.79 Å². The quantitative estimate of drug-likeness (QED) is 0.714. The number of thiocarbonyl (C=S) groups is 1. The number of hydrogen-bond acceptors (Lipinski definition) is 2. The summed E-state index contributed by atoms with van der Waals surface area (Å²) >= 11 is 5.01. The van der Waals surface area contributed by atoms with Gasteiger partial charge in [-0.25, -0.2) is 0 Å². The summed E-state index contributed by atoms with van der Waals surface area (Å²) in [6, 6.07) is 0.193. The third-order valence-electron chi connectivity index (χ3n) is 2.69. The van der Waals surface area contributed by atoms with E-state index in [0.717, 1.165) is 19.4 Å². The second kappa shape index (κ2) is 7.64. The van der Waals surface area contributed by atoms with Crippen LogP contribution in [0.5, 0.6) is 0 Å². The molecule has 0 rings (SSSR count). The standard InChI is InChI=1S/C13H26N2OS/c1-6-7-11(12(14)17)13(16)15(10(4)5)8-9(2)3/h9-11H,6-8H2,1-5H3,(H2,14,17). The summed E-state index contributed by atoms with van der Waals surface area (Å²) in [6.07, 6.45) is 1.66. The van der Waals surface area contributed by atoms with Gasteiger partial charge in [-0.2, -0.15) is 0 Å². The molecule has 1 unspecified atom stereocenters. The molecule has 100 valence electrons. The van der Waals surface area contributed by atoms with Crippen LogP contribution in [0.4, 0.5) is 0 Å². The minimum absolute atomic E-state index is 0.0862. The molecule has 0 heterocycles. The van der Waals surface area contributed by atoms with E-state index in [4.69, 9.17) is 18.0 Å². The maximum absolute atomic E-state index is 12.4. The molecule has 0 radical (unpaired) electrons. The van der Waals surface area contributed by atoms with Gasteiger partial charge in [-0.05, 0) is 26.2 Å². The van der Waals surface area contributed by atoms with Crippen LogP contribution in [0.3, 0.4) is 0 Å². The minimum Gasteiger partial charge on any atom is -0.393 e. The van der Waals surface area contributed by atoms with Crippen LogP contribution in [-0.4, -0.2) is 28.4 Å². The highest BCUT2D eigenvalue weighted by Gasteiger charge is 2.27. The molecule has 0 aliphatic heterocycles. The maximum atomic E-state index is 12.4. The van der Waals surface area contributed by atoms with Gasteiger partial charge in [0.2, 0.25) is 5.91 Å². The number of amides is 1. The number of nitrogens with two attached hydrogens (primary N) is 1. The Morgan fingerprint density at radius 3 is 2.12 bits per heavy atom. The van der Waals surface area contributed by atoms with Crippen LogP contribution >= 0.6 is 12.2 Å². The van der Waals surface area contributed by atoms with Crippen molar-refractivity contribution in [3.8, 4) is 0 Å². The van der Waals surface area contributed by atoms with E-state index in [1.165, 1.54) is 0 Å². The van der Waals surface area contributed by atoms with Gasteiger partial charge >= 0.3 is 0 Å². The van der Waals surface area contributed by atoms with Gasteiger partial charge in [-0.1, -0.05) is 39.4 Å². The number of carbonyl (C=O) groups excluding carboxylic acids is 1. The third-order valence-corrected chi connectivity index (χ3v) is 2.97. The van der Waals surface area contributed by atoms with Crippen molar-refractivity contribution < 1.29 is 4.79 Å². The third kappa shape index (κ3) is 5.48. The van der Waals surface area contributed by atoms with E-state index >= 15 is 0 Å². The first-order chi connectivity index (χ1) is 7.81. The Kier molecular flexibility index (Phi) is 7.35.